The summed E-state index contributed by atoms with van der Waals surface area (Å²) in [5.41, 5.74) is 0.783. The molecule has 2 rings (SSSR count). The normalized spacial score (nSPS) is 11.8. The lowest BCUT2D eigenvalue weighted by Gasteiger charge is -2.12. The molecule has 2 aromatic rings. The molecule has 0 aliphatic carbocycles. The van der Waals surface area contributed by atoms with Gasteiger partial charge in [-0.1, -0.05) is 23.9 Å². The van der Waals surface area contributed by atoms with Crippen molar-refractivity contribution in [1.29, 1.82) is 0 Å². The Morgan fingerprint density at radius 2 is 2.08 bits per heavy atom. The van der Waals surface area contributed by atoms with E-state index in [-0.39, 0.29) is 17.6 Å². The van der Waals surface area contributed by atoms with Crippen LogP contribution in [0.5, 0.6) is 0 Å². The summed E-state index contributed by atoms with van der Waals surface area (Å²) in [5.74, 6) is -0.0354. The Bertz CT molecular complexity index is 722. The molecule has 2 N–H and O–H groups in total. The van der Waals surface area contributed by atoms with Gasteiger partial charge in [-0.25, -0.2) is 0 Å². The Labute approximate surface area is 152 Å². The summed E-state index contributed by atoms with van der Waals surface area (Å²) in [7, 11) is 0. The van der Waals surface area contributed by atoms with E-state index in [1.807, 2.05) is 31.2 Å². The largest absolute Gasteiger partial charge is 0.411 e. The highest BCUT2D eigenvalue weighted by atomic mass is 79.9. The lowest BCUT2D eigenvalue weighted by atomic mass is 10.2. The van der Waals surface area contributed by atoms with Crippen molar-refractivity contribution in [3.05, 3.63) is 28.7 Å². The van der Waals surface area contributed by atoms with Gasteiger partial charge in [-0.3, -0.25) is 9.59 Å². The van der Waals surface area contributed by atoms with Crippen LogP contribution in [0.3, 0.4) is 0 Å². The summed E-state index contributed by atoms with van der Waals surface area (Å²) in [4.78, 5) is 23.4. The van der Waals surface area contributed by atoms with E-state index in [2.05, 4.69) is 36.8 Å². The van der Waals surface area contributed by atoms with Gasteiger partial charge in [0.2, 0.25) is 17.7 Å². The minimum absolute atomic E-state index is 0.0847. The molecule has 0 bridgehead atoms. The number of carbonyl (C=O) groups excluding carboxylic acids is 2. The Morgan fingerprint density at radius 3 is 2.79 bits per heavy atom. The second-order valence-electron chi connectivity index (χ2n) is 4.83. The smallest absolute Gasteiger partial charge is 0.277 e. The molecule has 1 aromatic heterocycles. The molecule has 0 radical (unpaired) electrons. The SMILES string of the molecule is CCNC(=O)[C@@H](C)NC(=O)CSc1nnc(-c2ccccc2Br)o1. The van der Waals surface area contributed by atoms with Crippen LogP contribution in [0.15, 0.2) is 38.4 Å². The number of hydrogen-bond donors (Lipinski definition) is 2. The van der Waals surface area contributed by atoms with Crippen molar-refractivity contribution in [1.82, 2.24) is 20.8 Å². The molecule has 9 heteroatoms. The molecule has 24 heavy (non-hydrogen) atoms. The van der Waals surface area contributed by atoms with E-state index in [0.717, 1.165) is 21.8 Å². The molecule has 1 aromatic carbocycles. The molecule has 0 saturated carbocycles. The first-order chi connectivity index (χ1) is 11.5. The molecule has 1 atom stereocenters. The minimum atomic E-state index is -0.587. The summed E-state index contributed by atoms with van der Waals surface area (Å²) in [5, 5.41) is 13.4. The number of halogens is 1. The second kappa shape index (κ2) is 8.84. The third-order valence-corrected chi connectivity index (χ3v) is 4.47. The van der Waals surface area contributed by atoms with Gasteiger partial charge in [0.25, 0.3) is 5.22 Å². The van der Waals surface area contributed by atoms with Crippen LogP contribution in [0.25, 0.3) is 11.5 Å². The molecule has 0 unspecified atom stereocenters. The van der Waals surface area contributed by atoms with Crippen LogP contribution in [0.4, 0.5) is 0 Å². The Balaban J connectivity index is 1.88. The summed E-state index contributed by atoms with van der Waals surface area (Å²) >= 11 is 4.54. The molecule has 0 aliphatic heterocycles. The first-order valence-corrected chi connectivity index (χ1v) is 9.07. The van der Waals surface area contributed by atoms with Crippen LogP contribution >= 0.6 is 27.7 Å². The predicted molar refractivity (Wildman–Crippen MR) is 94.4 cm³/mol. The lowest BCUT2D eigenvalue weighted by molar-refractivity contribution is -0.127. The molecule has 0 fully saturated rings. The monoisotopic (exact) mass is 412 g/mol. The molecule has 0 aliphatic rings. The zero-order chi connectivity index (χ0) is 17.5. The molecule has 128 valence electrons. The van der Waals surface area contributed by atoms with Crippen molar-refractivity contribution >= 4 is 39.5 Å². The van der Waals surface area contributed by atoms with Crippen LogP contribution in [0.2, 0.25) is 0 Å². The van der Waals surface area contributed by atoms with Gasteiger partial charge in [0, 0.05) is 11.0 Å². The highest BCUT2D eigenvalue weighted by molar-refractivity contribution is 9.10. The topological polar surface area (TPSA) is 97.1 Å². The van der Waals surface area contributed by atoms with Gasteiger partial charge in [0.1, 0.15) is 6.04 Å². The van der Waals surface area contributed by atoms with E-state index in [9.17, 15) is 9.59 Å². The van der Waals surface area contributed by atoms with Gasteiger partial charge in [0.15, 0.2) is 0 Å². The summed E-state index contributed by atoms with van der Waals surface area (Å²) in [6.45, 7) is 3.97. The zero-order valence-electron chi connectivity index (χ0n) is 13.2. The molecular formula is C15H17BrN4O3S. The van der Waals surface area contributed by atoms with Crippen molar-refractivity contribution < 1.29 is 14.0 Å². The number of thioether (sulfide) groups is 1. The molecule has 1 heterocycles. The maximum Gasteiger partial charge on any atom is 0.277 e. The fourth-order valence-corrected chi connectivity index (χ4v) is 2.84. The second-order valence-corrected chi connectivity index (χ2v) is 6.61. The zero-order valence-corrected chi connectivity index (χ0v) is 15.6. The standard InChI is InChI=1S/C15H17BrN4O3S/c1-3-17-13(22)9(2)18-12(21)8-24-15-20-19-14(23-15)10-6-4-5-7-11(10)16/h4-7,9H,3,8H2,1-2H3,(H,17,22)(H,18,21)/t9-/m1/s1. The number of aromatic nitrogens is 2. The summed E-state index contributed by atoms with van der Waals surface area (Å²) in [6.07, 6.45) is 0. The van der Waals surface area contributed by atoms with Crippen molar-refractivity contribution in [3.8, 4) is 11.5 Å². The summed E-state index contributed by atoms with van der Waals surface area (Å²) < 4.78 is 6.39. The van der Waals surface area contributed by atoms with E-state index in [4.69, 9.17) is 4.42 Å². The predicted octanol–water partition coefficient (Wildman–Crippen LogP) is 2.23. The quantitative estimate of drug-likeness (QED) is 0.676. The van der Waals surface area contributed by atoms with E-state index in [0.29, 0.717) is 17.7 Å². The van der Waals surface area contributed by atoms with Gasteiger partial charge in [-0.2, -0.15) is 0 Å². The fourth-order valence-electron chi connectivity index (χ4n) is 1.81. The maximum atomic E-state index is 11.9. The average molecular weight is 413 g/mol. The first-order valence-electron chi connectivity index (χ1n) is 7.29. The number of amides is 2. The van der Waals surface area contributed by atoms with Gasteiger partial charge >= 0.3 is 0 Å². The summed E-state index contributed by atoms with van der Waals surface area (Å²) in [6, 6.07) is 6.90. The van der Waals surface area contributed by atoms with Crippen molar-refractivity contribution in [3.63, 3.8) is 0 Å². The van der Waals surface area contributed by atoms with Crippen LogP contribution in [0.1, 0.15) is 13.8 Å². The lowest BCUT2D eigenvalue weighted by Crippen LogP contribution is -2.45. The maximum absolute atomic E-state index is 11.9. The number of likely N-dealkylation sites (N-methyl/N-ethyl adjacent to an activating group) is 1. The number of nitrogens with one attached hydrogen (secondary N) is 2. The highest BCUT2D eigenvalue weighted by Gasteiger charge is 2.16. The Kier molecular flexibility index (Phi) is 6.80. The molecule has 0 saturated heterocycles. The van der Waals surface area contributed by atoms with Crippen LogP contribution in [-0.4, -0.2) is 40.4 Å². The molecule has 0 spiro atoms. The number of benzene rings is 1. The van der Waals surface area contributed by atoms with Crippen LogP contribution in [0, 0.1) is 0 Å². The van der Waals surface area contributed by atoms with E-state index in [1.165, 1.54) is 0 Å². The average Bonchev–Trinajstić information content (AvgIpc) is 3.02. The fraction of sp³-hybridized carbons (Fsp3) is 0.333. The van der Waals surface area contributed by atoms with Gasteiger partial charge in [-0.15, -0.1) is 10.2 Å². The van der Waals surface area contributed by atoms with E-state index in [1.54, 1.807) is 6.92 Å². The minimum Gasteiger partial charge on any atom is -0.411 e. The molecular weight excluding hydrogens is 396 g/mol. The molecule has 7 nitrogen and oxygen atoms in total. The Morgan fingerprint density at radius 1 is 1.33 bits per heavy atom. The van der Waals surface area contributed by atoms with Crippen molar-refractivity contribution in [2.75, 3.05) is 12.3 Å². The highest BCUT2D eigenvalue weighted by Crippen LogP contribution is 2.28. The van der Waals surface area contributed by atoms with Gasteiger partial charge in [-0.05, 0) is 41.9 Å². The van der Waals surface area contributed by atoms with E-state index < -0.39 is 6.04 Å². The number of hydrogen-bond acceptors (Lipinski definition) is 6. The number of carbonyl (C=O) groups is 2. The van der Waals surface area contributed by atoms with Crippen LogP contribution < -0.4 is 10.6 Å². The Hall–Kier alpha value is -1.87. The van der Waals surface area contributed by atoms with Crippen molar-refractivity contribution in [2.45, 2.75) is 25.1 Å². The first kappa shape index (κ1) is 18.5. The third-order valence-electron chi connectivity index (χ3n) is 2.96. The van der Waals surface area contributed by atoms with Gasteiger partial charge < -0.3 is 15.1 Å². The molecule has 2 amide bonds. The number of nitrogens with zero attached hydrogens (tertiary/aromatic N) is 2. The van der Waals surface area contributed by atoms with Crippen LogP contribution in [-0.2, 0) is 9.59 Å². The number of rotatable bonds is 7. The van der Waals surface area contributed by atoms with E-state index >= 15 is 0 Å². The third kappa shape index (κ3) is 5.07. The van der Waals surface area contributed by atoms with Crippen molar-refractivity contribution in [2.24, 2.45) is 0 Å². The van der Waals surface area contributed by atoms with Gasteiger partial charge in [0.05, 0.1) is 11.3 Å².